The van der Waals surface area contributed by atoms with Crippen molar-refractivity contribution in [3.05, 3.63) is 0 Å². The summed E-state index contributed by atoms with van der Waals surface area (Å²) < 4.78 is -1.07. The fraction of sp³-hybridized carbons (Fsp3) is 0.800. The lowest BCUT2D eigenvalue weighted by atomic mass is 10.4. The number of rotatable bonds is 1. The van der Waals surface area contributed by atoms with Crippen LogP contribution in [-0.4, -0.2) is 22.2 Å². The van der Waals surface area contributed by atoms with Gasteiger partial charge in [0.25, 0.3) is 0 Å². The van der Waals surface area contributed by atoms with Crippen molar-refractivity contribution in [2.24, 2.45) is 0 Å². The molecular weight excluding hydrogens is 196 g/mol. The van der Waals surface area contributed by atoms with Gasteiger partial charge in [0.1, 0.15) is 4.33 Å². The van der Waals surface area contributed by atoms with Crippen molar-refractivity contribution in [1.29, 1.82) is 0 Å². The molecule has 1 aliphatic rings. The SMILES string of the molecule is CNC(=O)C1(Cl)CC1(Cl)Cl. The second-order valence-corrected chi connectivity index (χ2v) is 4.39. The van der Waals surface area contributed by atoms with Gasteiger partial charge < -0.3 is 5.32 Å². The van der Waals surface area contributed by atoms with Crippen LogP contribution in [0.5, 0.6) is 0 Å². The average Bonchev–Trinajstić information content (AvgIpc) is 2.32. The predicted octanol–water partition coefficient (Wildman–Crippen LogP) is 1.29. The van der Waals surface area contributed by atoms with Gasteiger partial charge in [0.2, 0.25) is 5.91 Å². The molecule has 2 nitrogen and oxygen atoms in total. The van der Waals surface area contributed by atoms with Crippen molar-refractivity contribution in [2.45, 2.75) is 15.6 Å². The molecule has 0 aromatic carbocycles. The van der Waals surface area contributed by atoms with Crippen molar-refractivity contribution in [3.8, 4) is 0 Å². The first-order chi connectivity index (χ1) is 4.44. The average molecular weight is 202 g/mol. The number of halogens is 3. The van der Waals surface area contributed by atoms with Crippen LogP contribution in [0.2, 0.25) is 0 Å². The summed E-state index contributed by atoms with van der Waals surface area (Å²) in [6, 6.07) is 0. The molecule has 0 radical (unpaired) electrons. The lowest BCUT2D eigenvalue weighted by molar-refractivity contribution is -0.120. The highest BCUT2D eigenvalue weighted by molar-refractivity contribution is 6.62. The van der Waals surface area contributed by atoms with E-state index in [0.29, 0.717) is 6.42 Å². The van der Waals surface area contributed by atoms with Gasteiger partial charge in [0.15, 0.2) is 4.87 Å². The third kappa shape index (κ3) is 0.987. The topological polar surface area (TPSA) is 29.1 Å². The van der Waals surface area contributed by atoms with Gasteiger partial charge in [-0.15, -0.1) is 11.6 Å². The van der Waals surface area contributed by atoms with Gasteiger partial charge in [-0.05, 0) is 0 Å². The number of nitrogens with one attached hydrogen (secondary N) is 1. The minimum atomic E-state index is -1.09. The first-order valence-electron chi connectivity index (χ1n) is 2.73. The van der Waals surface area contributed by atoms with E-state index in [1.165, 1.54) is 7.05 Å². The Balaban J connectivity index is 2.68. The second kappa shape index (κ2) is 2.16. The number of amides is 1. The zero-order valence-corrected chi connectivity index (χ0v) is 7.52. The maximum atomic E-state index is 10.9. The highest BCUT2D eigenvalue weighted by atomic mass is 35.5. The normalized spacial score (nSPS) is 35.2. The van der Waals surface area contributed by atoms with E-state index in [9.17, 15) is 4.79 Å². The molecule has 1 amide bonds. The molecule has 10 heavy (non-hydrogen) atoms. The predicted molar refractivity (Wildman–Crippen MR) is 41.7 cm³/mol. The molecule has 0 heterocycles. The van der Waals surface area contributed by atoms with Gasteiger partial charge >= 0.3 is 0 Å². The van der Waals surface area contributed by atoms with Crippen molar-refractivity contribution in [1.82, 2.24) is 5.32 Å². The maximum Gasteiger partial charge on any atom is 0.244 e. The highest BCUT2D eigenvalue weighted by Gasteiger charge is 2.70. The summed E-state index contributed by atoms with van der Waals surface area (Å²) in [6.45, 7) is 0. The first-order valence-corrected chi connectivity index (χ1v) is 3.86. The molecule has 1 rings (SSSR count). The molecule has 0 aliphatic heterocycles. The molecule has 0 saturated heterocycles. The van der Waals surface area contributed by atoms with Crippen LogP contribution in [0, 0.1) is 0 Å². The third-order valence-corrected chi connectivity index (χ3v) is 3.24. The number of hydrogen-bond acceptors (Lipinski definition) is 1. The second-order valence-electron chi connectivity index (χ2n) is 2.26. The van der Waals surface area contributed by atoms with Crippen LogP contribution in [0.4, 0.5) is 0 Å². The lowest BCUT2D eigenvalue weighted by Gasteiger charge is -2.05. The van der Waals surface area contributed by atoms with Gasteiger partial charge in [0.05, 0.1) is 0 Å². The molecule has 1 atom stereocenters. The molecule has 0 spiro atoms. The van der Waals surface area contributed by atoms with Crippen molar-refractivity contribution in [3.63, 3.8) is 0 Å². The fourth-order valence-electron chi connectivity index (χ4n) is 0.706. The summed E-state index contributed by atoms with van der Waals surface area (Å²) >= 11 is 16.9. The number of carbonyl (C=O) groups excluding carboxylic acids is 1. The van der Waals surface area contributed by atoms with E-state index in [1.807, 2.05) is 0 Å². The quantitative estimate of drug-likeness (QED) is 0.638. The molecule has 1 aliphatic carbocycles. The summed E-state index contributed by atoms with van der Waals surface area (Å²) in [6.07, 6.45) is 0.310. The van der Waals surface area contributed by atoms with E-state index in [1.54, 1.807) is 0 Å². The molecular formula is C5H6Cl3NO. The Morgan fingerprint density at radius 2 is 1.90 bits per heavy atom. The molecule has 1 N–H and O–H groups in total. The Hall–Kier alpha value is 0.340. The van der Waals surface area contributed by atoms with Gasteiger partial charge in [-0.2, -0.15) is 0 Å². The Morgan fingerprint density at radius 3 is 2.00 bits per heavy atom. The number of alkyl halides is 3. The summed E-state index contributed by atoms with van der Waals surface area (Å²) in [5.74, 6) is -0.320. The van der Waals surface area contributed by atoms with Crippen LogP contribution in [0.25, 0.3) is 0 Å². The lowest BCUT2D eigenvalue weighted by Crippen LogP contribution is -2.33. The zero-order chi connectivity index (χ0) is 7.99. The molecule has 5 heteroatoms. The summed E-state index contributed by atoms with van der Waals surface area (Å²) in [5.41, 5.74) is 0. The van der Waals surface area contributed by atoms with E-state index in [4.69, 9.17) is 34.8 Å². The molecule has 0 bridgehead atoms. The largest absolute Gasteiger partial charge is 0.358 e. The van der Waals surface area contributed by atoms with Crippen LogP contribution >= 0.6 is 34.8 Å². The fourth-order valence-corrected chi connectivity index (χ4v) is 1.71. The zero-order valence-electron chi connectivity index (χ0n) is 5.25. The van der Waals surface area contributed by atoms with E-state index >= 15 is 0 Å². The summed E-state index contributed by atoms with van der Waals surface area (Å²) in [5, 5.41) is 2.38. The van der Waals surface area contributed by atoms with Crippen molar-refractivity contribution in [2.75, 3.05) is 7.05 Å². The van der Waals surface area contributed by atoms with Gasteiger partial charge in [-0.1, -0.05) is 23.2 Å². The van der Waals surface area contributed by atoms with Crippen LogP contribution in [-0.2, 0) is 4.79 Å². The first kappa shape index (κ1) is 8.44. The molecule has 1 unspecified atom stereocenters. The Labute approximate surface area is 73.8 Å². The molecule has 58 valence electrons. The van der Waals surface area contributed by atoms with Crippen molar-refractivity contribution < 1.29 is 4.79 Å². The highest BCUT2D eigenvalue weighted by Crippen LogP contribution is 2.61. The van der Waals surface area contributed by atoms with Crippen LogP contribution in [0.1, 0.15) is 6.42 Å². The number of carbonyl (C=O) groups is 1. The standard InChI is InChI=1S/C5H6Cl3NO/c1-9-3(10)4(6)2-5(4,7)8/h2H2,1H3,(H,9,10). The third-order valence-electron chi connectivity index (χ3n) is 1.51. The minimum absolute atomic E-state index is 0.310. The van der Waals surface area contributed by atoms with Gasteiger partial charge in [0, 0.05) is 13.5 Å². The van der Waals surface area contributed by atoms with Crippen LogP contribution in [0.3, 0.4) is 0 Å². The van der Waals surface area contributed by atoms with Gasteiger partial charge in [-0.3, -0.25) is 4.79 Å². The monoisotopic (exact) mass is 201 g/mol. The van der Waals surface area contributed by atoms with Crippen LogP contribution in [0.15, 0.2) is 0 Å². The van der Waals surface area contributed by atoms with E-state index in [2.05, 4.69) is 5.32 Å². The molecule has 0 aromatic rings. The summed E-state index contributed by atoms with van der Waals surface area (Å²) in [4.78, 5) is 9.81. The molecule has 1 saturated carbocycles. The maximum absolute atomic E-state index is 10.9. The summed E-state index contributed by atoms with van der Waals surface area (Å²) in [7, 11) is 1.49. The molecule has 0 aromatic heterocycles. The smallest absolute Gasteiger partial charge is 0.244 e. The van der Waals surface area contributed by atoms with E-state index in [-0.39, 0.29) is 5.91 Å². The van der Waals surface area contributed by atoms with E-state index in [0.717, 1.165) is 0 Å². The van der Waals surface area contributed by atoms with Gasteiger partial charge in [-0.25, -0.2) is 0 Å². The van der Waals surface area contributed by atoms with Crippen LogP contribution < -0.4 is 5.32 Å². The Kier molecular flexibility index (Phi) is 1.82. The van der Waals surface area contributed by atoms with E-state index < -0.39 is 9.21 Å². The van der Waals surface area contributed by atoms with Crippen molar-refractivity contribution >= 4 is 40.7 Å². The molecule has 1 fully saturated rings. The number of hydrogen-bond donors (Lipinski definition) is 1. The Morgan fingerprint density at radius 1 is 1.50 bits per heavy atom. The Bertz CT molecular complexity index is 182. The minimum Gasteiger partial charge on any atom is -0.358 e.